The average Bonchev–Trinajstić information content (AvgIpc) is 3.13. The predicted molar refractivity (Wildman–Crippen MR) is 148 cm³/mol. The number of rotatable bonds is 5. The number of piperidine rings is 1. The molecule has 1 aliphatic carbocycles. The van der Waals surface area contributed by atoms with Gasteiger partial charge in [-0.15, -0.1) is 0 Å². The number of nitrogens with zero attached hydrogens (tertiary/aromatic N) is 3. The van der Waals surface area contributed by atoms with E-state index in [2.05, 4.69) is 10.2 Å². The van der Waals surface area contributed by atoms with Crippen LogP contribution in [0.4, 0.5) is 11.5 Å². The molecule has 3 aromatic rings. The van der Waals surface area contributed by atoms with Crippen LogP contribution in [0.25, 0.3) is 11.0 Å². The van der Waals surface area contributed by atoms with Crippen molar-refractivity contribution >= 4 is 22.5 Å². The minimum absolute atomic E-state index is 0.108. The van der Waals surface area contributed by atoms with Gasteiger partial charge in [-0.3, -0.25) is 9.69 Å². The summed E-state index contributed by atoms with van der Waals surface area (Å²) in [7, 11) is 0. The van der Waals surface area contributed by atoms with Gasteiger partial charge in [0.1, 0.15) is 6.23 Å². The van der Waals surface area contributed by atoms with Crippen LogP contribution in [0.1, 0.15) is 88.5 Å². The molecule has 2 saturated heterocycles. The maximum absolute atomic E-state index is 14.0. The van der Waals surface area contributed by atoms with Crippen LogP contribution < -0.4 is 16.6 Å². The molecule has 0 radical (unpaired) electrons. The lowest BCUT2D eigenvalue weighted by molar-refractivity contribution is 0.0498. The summed E-state index contributed by atoms with van der Waals surface area (Å²) in [5.41, 5.74) is 8.50. The normalized spacial score (nSPS) is 26.1. The predicted octanol–water partition coefficient (Wildman–Crippen LogP) is 5.37. The lowest BCUT2D eigenvalue weighted by atomic mass is 9.89. The standard InChI is InChI=1S/C30H39N5O2/c31-28(36)24-12-6-7-13-25(24)32-29-30(37)35(27-15-9-8-14-26(27)33-29)23-18-21-16-17-22(19-23)34(21)20-10-4-2-1-3-5-11-20/h6-9,12-15,20-23,28,36H,1-5,10-11,16-19,31H2,(H,32,33)/t21-,22?,23?,28?/m0/s1. The molecule has 2 aromatic carbocycles. The van der Waals surface area contributed by atoms with E-state index >= 15 is 0 Å². The lowest BCUT2D eigenvalue weighted by Gasteiger charge is -2.45. The number of nitrogens with one attached hydrogen (secondary N) is 1. The minimum Gasteiger partial charge on any atom is -0.374 e. The van der Waals surface area contributed by atoms with Crippen LogP contribution >= 0.6 is 0 Å². The van der Waals surface area contributed by atoms with Crippen molar-refractivity contribution in [3.63, 3.8) is 0 Å². The Morgan fingerprint density at radius 1 is 0.838 bits per heavy atom. The van der Waals surface area contributed by atoms with Gasteiger partial charge in [0.25, 0.3) is 5.56 Å². The van der Waals surface area contributed by atoms with Crippen LogP contribution in [0.5, 0.6) is 0 Å². The summed E-state index contributed by atoms with van der Waals surface area (Å²) >= 11 is 0. The summed E-state index contributed by atoms with van der Waals surface area (Å²) < 4.78 is 2.01. The van der Waals surface area contributed by atoms with Gasteiger partial charge in [0.2, 0.25) is 0 Å². The van der Waals surface area contributed by atoms with Crippen molar-refractivity contribution in [3.05, 3.63) is 64.4 Å². The van der Waals surface area contributed by atoms with Crippen molar-refractivity contribution in [1.82, 2.24) is 14.5 Å². The molecule has 0 spiro atoms. The highest BCUT2D eigenvalue weighted by Gasteiger charge is 2.44. The van der Waals surface area contributed by atoms with Crippen LogP contribution in [0.15, 0.2) is 53.3 Å². The molecule has 3 unspecified atom stereocenters. The van der Waals surface area contributed by atoms with E-state index in [0.29, 0.717) is 29.4 Å². The number of para-hydroxylation sites is 3. The first-order valence-corrected chi connectivity index (χ1v) is 14.2. The molecular weight excluding hydrogens is 462 g/mol. The Bertz CT molecular complexity index is 1280. The zero-order valence-corrected chi connectivity index (χ0v) is 21.6. The van der Waals surface area contributed by atoms with Crippen molar-refractivity contribution in [2.45, 2.75) is 101 Å². The van der Waals surface area contributed by atoms with Crippen LogP contribution in [0.2, 0.25) is 0 Å². The quantitative estimate of drug-likeness (QED) is 0.407. The molecule has 4 N–H and O–H groups in total. The maximum atomic E-state index is 14.0. The van der Waals surface area contributed by atoms with Gasteiger partial charge in [-0.2, -0.15) is 0 Å². The molecule has 1 aromatic heterocycles. The second kappa shape index (κ2) is 10.6. The van der Waals surface area contributed by atoms with E-state index in [-0.39, 0.29) is 17.4 Å². The fourth-order valence-corrected chi connectivity index (χ4v) is 7.32. The first-order valence-electron chi connectivity index (χ1n) is 14.2. The van der Waals surface area contributed by atoms with Crippen LogP contribution in [0, 0.1) is 0 Å². The van der Waals surface area contributed by atoms with Gasteiger partial charge in [0.05, 0.1) is 11.0 Å². The third-order valence-electron chi connectivity index (χ3n) is 8.95. The number of nitrogens with two attached hydrogens (primary N) is 1. The smallest absolute Gasteiger partial charge is 0.294 e. The number of anilines is 2. The van der Waals surface area contributed by atoms with Crippen molar-refractivity contribution in [3.8, 4) is 0 Å². The SMILES string of the molecule is NC(O)c1ccccc1Nc1nc2ccccc2n(C2CC3CC[C@@H](C2)N3C2CCCCCCC2)c1=O. The van der Waals surface area contributed by atoms with Gasteiger partial charge in [-0.05, 0) is 56.7 Å². The molecule has 37 heavy (non-hydrogen) atoms. The third kappa shape index (κ3) is 4.80. The Morgan fingerprint density at radius 2 is 1.49 bits per heavy atom. The Hall–Kier alpha value is -2.74. The molecule has 1 saturated carbocycles. The summed E-state index contributed by atoms with van der Waals surface area (Å²) in [6, 6.07) is 17.2. The second-order valence-corrected chi connectivity index (χ2v) is 11.2. The fraction of sp³-hybridized carbons (Fsp3) is 0.533. The molecule has 7 nitrogen and oxygen atoms in total. The molecule has 2 aliphatic heterocycles. The second-order valence-electron chi connectivity index (χ2n) is 11.2. The number of hydrogen-bond acceptors (Lipinski definition) is 6. The number of benzene rings is 2. The van der Waals surface area contributed by atoms with Crippen molar-refractivity contribution in [2.24, 2.45) is 5.73 Å². The largest absolute Gasteiger partial charge is 0.374 e. The van der Waals surface area contributed by atoms with Gasteiger partial charge >= 0.3 is 0 Å². The van der Waals surface area contributed by atoms with Gasteiger partial charge < -0.3 is 20.7 Å². The van der Waals surface area contributed by atoms with E-state index < -0.39 is 6.23 Å². The van der Waals surface area contributed by atoms with Crippen molar-refractivity contribution in [2.75, 3.05) is 5.32 Å². The van der Waals surface area contributed by atoms with E-state index in [1.165, 1.54) is 57.8 Å². The van der Waals surface area contributed by atoms with Crippen LogP contribution in [0.3, 0.4) is 0 Å². The van der Waals surface area contributed by atoms with Crippen LogP contribution in [-0.4, -0.2) is 37.7 Å². The van der Waals surface area contributed by atoms with Gasteiger partial charge in [0, 0.05) is 35.4 Å². The molecule has 4 atom stereocenters. The zero-order chi connectivity index (χ0) is 25.4. The molecule has 0 amide bonds. The lowest BCUT2D eigenvalue weighted by Crippen LogP contribution is -2.50. The summed E-state index contributed by atoms with van der Waals surface area (Å²) in [4.78, 5) is 21.6. The molecule has 6 rings (SSSR count). The van der Waals surface area contributed by atoms with E-state index in [4.69, 9.17) is 10.7 Å². The van der Waals surface area contributed by atoms with E-state index in [1.54, 1.807) is 6.07 Å². The van der Waals surface area contributed by atoms with Gasteiger partial charge in [-0.25, -0.2) is 4.98 Å². The number of aromatic nitrogens is 2. The summed E-state index contributed by atoms with van der Waals surface area (Å²) in [6.07, 6.45) is 12.9. The summed E-state index contributed by atoms with van der Waals surface area (Å²) in [5, 5.41) is 13.3. The summed E-state index contributed by atoms with van der Waals surface area (Å²) in [6.45, 7) is 0. The highest BCUT2D eigenvalue weighted by atomic mass is 16.3. The monoisotopic (exact) mass is 501 g/mol. The molecule has 3 fully saturated rings. The number of aliphatic hydroxyl groups excluding tert-OH is 1. The van der Waals surface area contributed by atoms with Crippen molar-refractivity contribution < 1.29 is 5.11 Å². The molecule has 196 valence electrons. The Morgan fingerprint density at radius 3 is 2.22 bits per heavy atom. The van der Waals surface area contributed by atoms with E-state index in [9.17, 15) is 9.90 Å². The average molecular weight is 502 g/mol. The minimum atomic E-state index is -1.14. The van der Waals surface area contributed by atoms with Gasteiger partial charge in [0.15, 0.2) is 5.82 Å². The molecular formula is C30H39N5O2. The Labute approximate surface area is 218 Å². The van der Waals surface area contributed by atoms with Gasteiger partial charge in [-0.1, -0.05) is 62.4 Å². The molecule has 2 bridgehead atoms. The summed E-state index contributed by atoms with van der Waals surface area (Å²) in [5.74, 6) is 0.279. The molecule has 3 heterocycles. The Balaban J connectivity index is 1.34. The third-order valence-corrected chi connectivity index (χ3v) is 8.95. The Kier molecular flexibility index (Phi) is 7.02. The topological polar surface area (TPSA) is 96.4 Å². The van der Waals surface area contributed by atoms with Crippen molar-refractivity contribution in [1.29, 1.82) is 0 Å². The molecule has 3 aliphatic rings. The maximum Gasteiger partial charge on any atom is 0.294 e. The molecule has 7 heteroatoms. The fourth-order valence-electron chi connectivity index (χ4n) is 7.32. The first kappa shape index (κ1) is 24.6. The van der Waals surface area contributed by atoms with E-state index in [1.807, 2.05) is 47.0 Å². The first-order chi connectivity index (χ1) is 18.1. The number of fused-ring (bicyclic) bond motifs is 3. The van der Waals surface area contributed by atoms with Crippen LogP contribution in [-0.2, 0) is 0 Å². The highest BCUT2D eigenvalue weighted by Crippen LogP contribution is 2.44. The van der Waals surface area contributed by atoms with E-state index in [0.717, 1.165) is 23.9 Å². The number of aliphatic hydroxyl groups is 1. The highest BCUT2D eigenvalue weighted by molar-refractivity contribution is 5.77. The number of hydrogen-bond donors (Lipinski definition) is 3. The zero-order valence-electron chi connectivity index (χ0n) is 21.6.